The fourth-order valence-corrected chi connectivity index (χ4v) is 2.90. The fraction of sp³-hybridized carbons (Fsp3) is 0.250. The molecule has 0 fully saturated rings. The van der Waals surface area contributed by atoms with Crippen LogP contribution >= 0.6 is 23.2 Å². The SMILES string of the molecule is COc1cc(Cl)c(C(Cl)c2ccc(F)cc2C)cc1OC. The predicted octanol–water partition coefficient (Wildman–Crippen LogP) is 5.13. The highest BCUT2D eigenvalue weighted by Gasteiger charge is 2.19. The quantitative estimate of drug-likeness (QED) is 0.724. The van der Waals surface area contributed by atoms with E-state index in [4.69, 9.17) is 32.7 Å². The van der Waals surface area contributed by atoms with Gasteiger partial charge in [-0.25, -0.2) is 4.39 Å². The summed E-state index contributed by atoms with van der Waals surface area (Å²) in [5.41, 5.74) is 2.25. The lowest BCUT2D eigenvalue weighted by Crippen LogP contribution is -2.00. The summed E-state index contributed by atoms with van der Waals surface area (Å²) >= 11 is 12.8. The van der Waals surface area contributed by atoms with Crippen molar-refractivity contribution >= 4 is 23.2 Å². The van der Waals surface area contributed by atoms with Crippen LogP contribution in [0.5, 0.6) is 11.5 Å². The maximum Gasteiger partial charge on any atom is 0.162 e. The van der Waals surface area contributed by atoms with E-state index in [2.05, 4.69) is 0 Å². The summed E-state index contributed by atoms with van der Waals surface area (Å²) in [6, 6.07) is 7.88. The molecule has 0 heterocycles. The van der Waals surface area contributed by atoms with Gasteiger partial charge in [0.15, 0.2) is 11.5 Å². The van der Waals surface area contributed by atoms with Crippen molar-refractivity contribution in [2.45, 2.75) is 12.3 Å². The van der Waals surface area contributed by atoms with Crippen LogP contribution in [0.3, 0.4) is 0 Å². The number of halogens is 3. The summed E-state index contributed by atoms with van der Waals surface area (Å²) in [5, 5.41) is -0.0331. The van der Waals surface area contributed by atoms with Crippen molar-refractivity contribution < 1.29 is 13.9 Å². The first-order chi connectivity index (χ1) is 9.97. The molecule has 2 aromatic carbocycles. The molecule has 2 rings (SSSR count). The van der Waals surface area contributed by atoms with Gasteiger partial charge in [-0.05, 0) is 41.8 Å². The molecule has 0 saturated carbocycles. The lowest BCUT2D eigenvalue weighted by Gasteiger charge is -2.17. The first-order valence-corrected chi connectivity index (χ1v) is 7.11. The van der Waals surface area contributed by atoms with Gasteiger partial charge >= 0.3 is 0 Å². The maximum absolute atomic E-state index is 13.2. The van der Waals surface area contributed by atoms with E-state index in [0.717, 1.165) is 11.1 Å². The van der Waals surface area contributed by atoms with Crippen LogP contribution in [-0.4, -0.2) is 14.2 Å². The van der Waals surface area contributed by atoms with Crippen LogP contribution in [0.1, 0.15) is 22.1 Å². The molecule has 0 aliphatic heterocycles. The summed E-state index contributed by atoms with van der Waals surface area (Å²) in [4.78, 5) is 0. The smallest absolute Gasteiger partial charge is 0.162 e. The first kappa shape index (κ1) is 15.9. The third-order valence-corrected chi connectivity index (χ3v) is 4.08. The largest absolute Gasteiger partial charge is 0.493 e. The Morgan fingerprint density at radius 3 is 2.19 bits per heavy atom. The second-order valence-corrected chi connectivity index (χ2v) is 5.44. The van der Waals surface area contributed by atoms with Gasteiger partial charge in [0, 0.05) is 11.1 Å². The summed E-state index contributed by atoms with van der Waals surface area (Å²) in [6.07, 6.45) is 0. The molecule has 21 heavy (non-hydrogen) atoms. The number of aryl methyl sites for hydroxylation is 1. The van der Waals surface area contributed by atoms with Crippen molar-refractivity contribution in [3.8, 4) is 11.5 Å². The van der Waals surface area contributed by atoms with Crippen LogP contribution in [0, 0.1) is 12.7 Å². The van der Waals surface area contributed by atoms with Crippen LogP contribution in [-0.2, 0) is 0 Å². The Bertz CT molecular complexity index is 659. The zero-order valence-corrected chi connectivity index (χ0v) is 13.4. The molecule has 2 aromatic rings. The third-order valence-electron chi connectivity index (χ3n) is 3.28. The van der Waals surface area contributed by atoms with Gasteiger partial charge in [0.05, 0.1) is 19.6 Å². The highest BCUT2D eigenvalue weighted by molar-refractivity contribution is 6.33. The van der Waals surface area contributed by atoms with Crippen molar-refractivity contribution in [2.24, 2.45) is 0 Å². The average molecular weight is 329 g/mol. The number of benzene rings is 2. The Hall–Kier alpha value is -1.45. The number of alkyl halides is 1. The lowest BCUT2D eigenvalue weighted by atomic mass is 9.99. The molecular formula is C16H15Cl2FO2. The van der Waals surface area contributed by atoms with Crippen molar-refractivity contribution in [1.82, 2.24) is 0 Å². The van der Waals surface area contributed by atoms with Crippen molar-refractivity contribution in [3.05, 3.63) is 57.9 Å². The molecule has 5 heteroatoms. The first-order valence-electron chi connectivity index (χ1n) is 6.29. The number of hydrogen-bond acceptors (Lipinski definition) is 2. The standard InChI is InChI=1S/C16H15Cl2FO2/c1-9-6-10(19)4-5-11(9)16(18)12-7-14(20-2)15(21-3)8-13(12)17/h4-8,16H,1-3H3. The molecule has 0 spiro atoms. The molecule has 2 nitrogen and oxygen atoms in total. The molecule has 112 valence electrons. The van der Waals surface area contributed by atoms with E-state index in [-0.39, 0.29) is 5.82 Å². The summed E-state index contributed by atoms with van der Waals surface area (Å²) < 4.78 is 23.7. The Kier molecular flexibility index (Phi) is 4.96. The minimum atomic E-state index is -0.502. The van der Waals surface area contributed by atoms with Gasteiger partial charge in [0.2, 0.25) is 0 Å². The van der Waals surface area contributed by atoms with E-state index in [0.29, 0.717) is 22.1 Å². The number of ether oxygens (including phenoxy) is 2. The zero-order valence-electron chi connectivity index (χ0n) is 11.9. The van der Waals surface area contributed by atoms with Gasteiger partial charge in [-0.15, -0.1) is 11.6 Å². The highest BCUT2D eigenvalue weighted by atomic mass is 35.5. The second-order valence-electron chi connectivity index (χ2n) is 4.59. The number of methoxy groups -OCH3 is 2. The monoisotopic (exact) mass is 328 g/mol. The van der Waals surface area contributed by atoms with Crippen LogP contribution in [0.25, 0.3) is 0 Å². The van der Waals surface area contributed by atoms with Gasteiger partial charge in [-0.3, -0.25) is 0 Å². The molecule has 1 atom stereocenters. The van der Waals surface area contributed by atoms with Gasteiger partial charge < -0.3 is 9.47 Å². The molecule has 0 saturated heterocycles. The lowest BCUT2D eigenvalue weighted by molar-refractivity contribution is 0.354. The Labute approximate surface area is 133 Å². The molecular weight excluding hydrogens is 314 g/mol. The van der Waals surface area contributed by atoms with Crippen molar-refractivity contribution in [2.75, 3.05) is 14.2 Å². The van der Waals surface area contributed by atoms with Crippen LogP contribution in [0.2, 0.25) is 5.02 Å². The summed E-state index contributed by atoms with van der Waals surface area (Å²) in [7, 11) is 3.08. The third kappa shape index (κ3) is 3.25. The number of hydrogen-bond donors (Lipinski definition) is 0. The summed E-state index contributed by atoms with van der Waals surface area (Å²) in [5.74, 6) is 0.784. The zero-order chi connectivity index (χ0) is 15.6. The van der Waals surface area contributed by atoms with Crippen LogP contribution < -0.4 is 9.47 Å². The van der Waals surface area contributed by atoms with Gasteiger partial charge in [0.1, 0.15) is 5.82 Å². The highest BCUT2D eigenvalue weighted by Crippen LogP contribution is 2.41. The Morgan fingerprint density at radius 2 is 1.62 bits per heavy atom. The molecule has 0 radical (unpaired) electrons. The van der Waals surface area contributed by atoms with E-state index in [1.165, 1.54) is 19.2 Å². The second kappa shape index (κ2) is 6.54. The summed E-state index contributed by atoms with van der Waals surface area (Å²) in [6.45, 7) is 1.81. The van der Waals surface area contributed by atoms with E-state index >= 15 is 0 Å². The molecule has 0 bridgehead atoms. The van der Waals surface area contributed by atoms with Crippen LogP contribution in [0.4, 0.5) is 4.39 Å². The van der Waals surface area contributed by atoms with Crippen molar-refractivity contribution in [3.63, 3.8) is 0 Å². The van der Waals surface area contributed by atoms with Gasteiger partial charge in [0.25, 0.3) is 0 Å². The predicted molar refractivity (Wildman–Crippen MR) is 83.4 cm³/mol. The van der Waals surface area contributed by atoms with E-state index < -0.39 is 5.38 Å². The molecule has 0 N–H and O–H groups in total. The van der Waals surface area contributed by atoms with E-state index in [1.54, 1.807) is 25.3 Å². The molecule has 0 aliphatic rings. The molecule has 0 aromatic heterocycles. The van der Waals surface area contributed by atoms with E-state index in [9.17, 15) is 4.39 Å². The topological polar surface area (TPSA) is 18.5 Å². The van der Waals surface area contributed by atoms with Crippen molar-refractivity contribution in [1.29, 1.82) is 0 Å². The average Bonchev–Trinajstić information content (AvgIpc) is 2.46. The molecule has 0 amide bonds. The fourth-order valence-electron chi connectivity index (χ4n) is 2.16. The van der Waals surface area contributed by atoms with Gasteiger partial charge in [-0.2, -0.15) is 0 Å². The normalized spacial score (nSPS) is 12.1. The Morgan fingerprint density at radius 1 is 1.00 bits per heavy atom. The minimum Gasteiger partial charge on any atom is -0.493 e. The number of rotatable bonds is 4. The van der Waals surface area contributed by atoms with E-state index in [1.807, 2.05) is 6.92 Å². The molecule has 1 unspecified atom stereocenters. The minimum absolute atomic E-state index is 0.293. The Balaban J connectivity index is 2.50. The molecule has 0 aliphatic carbocycles. The van der Waals surface area contributed by atoms with Gasteiger partial charge in [-0.1, -0.05) is 17.7 Å². The van der Waals surface area contributed by atoms with Crippen LogP contribution in [0.15, 0.2) is 30.3 Å². The maximum atomic E-state index is 13.2.